The molecule has 2 aromatic rings. The van der Waals surface area contributed by atoms with Crippen molar-refractivity contribution in [3.63, 3.8) is 0 Å². The number of imidazole rings is 1. The molecule has 6 nitrogen and oxygen atoms in total. The van der Waals surface area contributed by atoms with E-state index in [9.17, 15) is 8.42 Å². The van der Waals surface area contributed by atoms with Crippen molar-refractivity contribution >= 4 is 27.3 Å². The molecule has 0 radical (unpaired) electrons. The number of nitrogens with zero attached hydrogens (tertiary/aromatic N) is 2. The van der Waals surface area contributed by atoms with Crippen LogP contribution in [0.15, 0.2) is 29.4 Å². The smallest absolute Gasteiger partial charge is 0.243 e. The minimum absolute atomic E-state index is 0.147. The summed E-state index contributed by atoms with van der Waals surface area (Å²) in [6, 6.07) is 2.93. The average molecular weight is 315 g/mol. The summed E-state index contributed by atoms with van der Waals surface area (Å²) in [7, 11) is -2.16. The maximum absolute atomic E-state index is 12.5. The van der Waals surface area contributed by atoms with Gasteiger partial charge in [-0.1, -0.05) is 11.6 Å². The number of nitrogens with one attached hydrogen (secondary N) is 1. The van der Waals surface area contributed by atoms with Crippen LogP contribution in [0, 0.1) is 6.92 Å². The predicted octanol–water partition coefficient (Wildman–Crippen LogP) is 1.77. The van der Waals surface area contributed by atoms with E-state index < -0.39 is 10.0 Å². The number of aromatic nitrogens is 2. The van der Waals surface area contributed by atoms with E-state index in [1.165, 1.54) is 17.4 Å². The molecule has 0 saturated heterocycles. The van der Waals surface area contributed by atoms with Gasteiger partial charge in [0.25, 0.3) is 0 Å². The van der Waals surface area contributed by atoms with Crippen molar-refractivity contribution in [2.45, 2.75) is 18.4 Å². The van der Waals surface area contributed by atoms with Crippen LogP contribution in [-0.2, 0) is 16.6 Å². The number of nitrogen functional groups attached to an aromatic ring is 1. The second kappa shape index (κ2) is 5.43. The van der Waals surface area contributed by atoms with Gasteiger partial charge in [0.05, 0.1) is 22.2 Å². The highest BCUT2D eigenvalue weighted by molar-refractivity contribution is 7.89. The normalized spacial score (nSPS) is 12.0. The predicted molar refractivity (Wildman–Crippen MR) is 77.8 cm³/mol. The minimum atomic E-state index is -3.65. The van der Waals surface area contributed by atoms with Crippen molar-refractivity contribution < 1.29 is 8.42 Å². The molecule has 0 saturated carbocycles. The zero-order valence-electron chi connectivity index (χ0n) is 11.1. The first kappa shape index (κ1) is 14.8. The molecule has 0 atom stereocenters. The van der Waals surface area contributed by atoms with Gasteiger partial charge in [0.15, 0.2) is 0 Å². The molecule has 0 spiro atoms. The molecule has 0 bridgehead atoms. The number of benzene rings is 1. The zero-order chi connectivity index (χ0) is 14.9. The molecule has 108 valence electrons. The summed E-state index contributed by atoms with van der Waals surface area (Å²) in [4.78, 5) is 7.02. The Kier molecular flexibility index (Phi) is 4.03. The Morgan fingerprint density at radius 2 is 2.15 bits per heavy atom. The molecule has 2 rings (SSSR count). The van der Waals surface area contributed by atoms with E-state index >= 15 is 0 Å². The van der Waals surface area contributed by atoms with E-state index in [0.717, 1.165) is 0 Å². The Morgan fingerprint density at radius 3 is 2.75 bits per heavy atom. The van der Waals surface area contributed by atoms with Gasteiger partial charge in [-0.25, -0.2) is 13.4 Å². The topological polar surface area (TPSA) is 92.1 Å². The molecule has 0 aliphatic rings. The van der Waals surface area contributed by atoms with Crippen LogP contribution in [0.1, 0.15) is 11.4 Å². The summed E-state index contributed by atoms with van der Waals surface area (Å²) in [6.45, 7) is 1.83. The van der Waals surface area contributed by atoms with E-state index in [0.29, 0.717) is 16.4 Å². The number of sulfonamides is 1. The van der Waals surface area contributed by atoms with E-state index in [1.54, 1.807) is 25.4 Å². The maximum atomic E-state index is 12.5. The van der Waals surface area contributed by atoms with Crippen molar-refractivity contribution in [1.82, 2.24) is 14.3 Å². The quantitative estimate of drug-likeness (QED) is 0.841. The Morgan fingerprint density at radius 1 is 1.45 bits per heavy atom. The van der Waals surface area contributed by atoms with Gasteiger partial charge >= 0.3 is 0 Å². The molecule has 3 N–H and O–H groups in total. The van der Waals surface area contributed by atoms with Crippen LogP contribution in [0.4, 0.5) is 5.69 Å². The molecule has 0 fully saturated rings. The molecule has 0 unspecified atom stereocenters. The molecule has 0 aliphatic carbocycles. The third-order valence-corrected chi connectivity index (χ3v) is 5.18. The Balaban J connectivity index is 2.37. The van der Waals surface area contributed by atoms with Gasteiger partial charge in [0, 0.05) is 19.4 Å². The highest BCUT2D eigenvalue weighted by Crippen LogP contribution is 2.28. The standard InChI is InChI=1S/C12H15ClN4O2S/c1-8-5-9(13)10(14)6-11(8)20(18,19)17(2)7-12-15-3-4-16-12/h3-6H,7,14H2,1-2H3,(H,15,16). The largest absolute Gasteiger partial charge is 0.397 e. The monoisotopic (exact) mass is 314 g/mol. The van der Waals surface area contributed by atoms with Gasteiger partial charge < -0.3 is 10.7 Å². The number of anilines is 1. The lowest BCUT2D eigenvalue weighted by molar-refractivity contribution is 0.458. The lowest BCUT2D eigenvalue weighted by Crippen LogP contribution is -2.27. The number of halogens is 1. The van der Waals surface area contributed by atoms with Gasteiger partial charge in [-0.3, -0.25) is 0 Å². The maximum Gasteiger partial charge on any atom is 0.243 e. The van der Waals surface area contributed by atoms with Crippen molar-refractivity contribution in [3.8, 4) is 0 Å². The second-order valence-electron chi connectivity index (χ2n) is 4.44. The minimum Gasteiger partial charge on any atom is -0.397 e. The summed E-state index contributed by atoms with van der Waals surface area (Å²) < 4.78 is 26.3. The second-order valence-corrected chi connectivity index (χ2v) is 6.86. The molecule has 20 heavy (non-hydrogen) atoms. The molecular weight excluding hydrogens is 300 g/mol. The molecule has 1 aromatic carbocycles. The SMILES string of the molecule is Cc1cc(Cl)c(N)cc1S(=O)(=O)N(C)Cc1ncc[nH]1. The van der Waals surface area contributed by atoms with E-state index in [-0.39, 0.29) is 17.1 Å². The van der Waals surface area contributed by atoms with Crippen molar-refractivity contribution in [2.24, 2.45) is 0 Å². The number of H-pyrrole nitrogens is 1. The Bertz CT molecular complexity index is 713. The Labute approximate surface area is 122 Å². The van der Waals surface area contributed by atoms with Crippen molar-refractivity contribution in [3.05, 3.63) is 40.9 Å². The van der Waals surface area contributed by atoms with Gasteiger partial charge in [0.1, 0.15) is 5.82 Å². The fourth-order valence-corrected chi connectivity index (χ4v) is 3.38. The average Bonchev–Trinajstić information content (AvgIpc) is 2.86. The molecule has 0 amide bonds. The number of hydrogen-bond acceptors (Lipinski definition) is 4. The highest BCUT2D eigenvalue weighted by atomic mass is 35.5. The van der Waals surface area contributed by atoms with Gasteiger partial charge in [-0.05, 0) is 24.6 Å². The zero-order valence-corrected chi connectivity index (χ0v) is 12.7. The van der Waals surface area contributed by atoms with E-state index in [2.05, 4.69) is 9.97 Å². The van der Waals surface area contributed by atoms with Crippen LogP contribution in [-0.4, -0.2) is 29.7 Å². The van der Waals surface area contributed by atoms with Crippen LogP contribution < -0.4 is 5.73 Å². The van der Waals surface area contributed by atoms with Crippen LogP contribution >= 0.6 is 11.6 Å². The summed E-state index contributed by atoms with van der Waals surface area (Å²) in [6.07, 6.45) is 3.21. The molecule has 1 heterocycles. The third-order valence-electron chi connectivity index (χ3n) is 2.91. The fourth-order valence-electron chi connectivity index (χ4n) is 1.79. The number of nitrogens with two attached hydrogens (primary N) is 1. The van der Waals surface area contributed by atoms with Crippen LogP contribution in [0.25, 0.3) is 0 Å². The van der Waals surface area contributed by atoms with Crippen LogP contribution in [0.2, 0.25) is 5.02 Å². The number of rotatable bonds is 4. The number of aromatic amines is 1. The number of hydrogen-bond donors (Lipinski definition) is 2. The van der Waals surface area contributed by atoms with Gasteiger partial charge in [-0.2, -0.15) is 4.31 Å². The van der Waals surface area contributed by atoms with E-state index in [4.69, 9.17) is 17.3 Å². The first-order chi connectivity index (χ1) is 9.32. The summed E-state index contributed by atoms with van der Waals surface area (Å²) in [5.41, 5.74) is 6.48. The Hall–Kier alpha value is -1.57. The summed E-state index contributed by atoms with van der Waals surface area (Å²) >= 11 is 5.88. The molecular formula is C12H15ClN4O2S. The molecule has 0 aliphatic heterocycles. The lowest BCUT2D eigenvalue weighted by Gasteiger charge is -2.18. The number of aryl methyl sites for hydroxylation is 1. The van der Waals surface area contributed by atoms with Crippen molar-refractivity contribution in [2.75, 3.05) is 12.8 Å². The third kappa shape index (κ3) is 2.79. The summed E-state index contributed by atoms with van der Waals surface area (Å²) in [5.74, 6) is 0.565. The molecule has 8 heteroatoms. The highest BCUT2D eigenvalue weighted by Gasteiger charge is 2.24. The van der Waals surface area contributed by atoms with Gasteiger partial charge in [0.2, 0.25) is 10.0 Å². The first-order valence-corrected chi connectivity index (χ1v) is 7.64. The van der Waals surface area contributed by atoms with E-state index in [1.807, 2.05) is 0 Å². The first-order valence-electron chi connectivity index (χ1n) is 5.82. The van der Waals surface area contributed by atoms with Crippen LogP contribution in [0.5, 0.6) is 0 Å². The van der Waals surface area contributed by atoms with Crippen molar-refractivity contribution in [1.29, 1.82) is 0 Å². The summed E-state index contributed by atoms with van der Waals surface area (Å²) in [5, 5.41) is 0.343. The van der Waals surface area contributed by atoms with Gasteiger partial charge in [-0.15, -0.1) is 0 Å². The fraction of sp³-hybridized carbons (Fsp3) is 0.250. The molecule has 1 aromatic heterocycles. The van der Waals surface area contributed by atoms with Crippen LogP contribution in [0.3, 0.4) is 0 Å². The lowest BCUT2D eigenvalue weighted by atomic mass is 10.2.